The fraction of sp³-hybridized carbons (Fsp3) is 0.455. The lowest BCUT2D eigenvalue weighted by molar-refractivity contribution is 0.425. The molecule has 0 aliphatic carbocycles. The number of nitrogen functional groups attached to an aromatic ring is 1. The van der Waals surface area contributed by atoms with Crippen molar-refractivity contribution in [3.63, 3.8) is 0 Å². The van der Waals surface area contributed by atoms with Crippen molar-refractivity contribution in [3.05, 3.63) is 23.8 Å². The average Bonchev–Trinajstić information content (AvgIpc) is 2.30. The molecule has 0 aromatic heterocycles. The summed E-state index contributed by atoms with van der Waals surface area (Å²) >= 11 is 0. The maximum Gasteiger partial charge on any atom is 0.488 e. The highest BCUT2D eigenvalue weighted by Gasteiger charge is 2.20. The van der Waals surface area contributed by atoms with Crippen LogP contribution in [-0.4, -0.2) is 30.3 Å². The van der Waals surface area contributed by atoms with E-state index >= 15 is 0 Å². The van der Waals surface area contributed by atoms with E-state index in [1.54, 1.807) is 12.1 Å². The van der Waals surface area contributed by atoms with Crippen molar-refractivity contribution in [3.8, 4) is 0 Å². The van der Waals surface area contributed by atoms with Gasteiger partial charge in [-0.1, -0.05) is 12.1 Å². The van der Waals surface area contributed by atoms with Crippen molar-refractivity contribution < 1.29 is 10.0 Å². The molecule has 1 fully saturated rings. The number of benzene rings is 1. The van der Waals surface area contributed by atoms with Gasteiger partial charge in [-0.25, -0.2) is 0 Å². The van der Waals surface area contributed by atoms with Gasteiger partial charge in [-0.05, 0) is 48.9 Å². The second kappa shape index (κ2) is 4.87. The van der Waals surface area contributed by atoms with E-state index in [-0.39, 0.29) is 0 Å². The van der Waals surface area contributed by atoms with Crippen LogP contribution in [0.4, 0.5) is 5.69 Å². The molecule has 1 saturated heterocycles. The summed E-state index contributed by atoms with van der Waals surface area (Å²) in [5.41, 5.74) is 8.25. The van der Waals surface area contributed by atoms with Crippen molar-refractivity contribution in [1.82, 2.24) is 5.32 Å². The third kappa shape index (κ3) is 2.37. The molecule has 1 heterocycles. The van der Waals surface area contributed by atoms with Gasteiger partial charge >= 0.3 is 7.12 Å². The van der Waals surface area contributed by atoms with Crippen LogP contribution in [0.5, 0.6) is 0 Å². The second-order valence-electron chi connectivity index (χ2n) is 4.29. The number of hydrogen-bond donors (Lipinski definition) is 4. The molecule has 0 amide bonds. The molecule has 86 valence electrons. The topological polar surface area (TPSA) is 78.5 Å². The summed E-state index contributed by atoms with van der Waals surface area (Å²) in [7, 11) is -1.42. The van der Waals surface area contributed by atoms with Crippen LogP contribution in [0.3, 0.4) is 0 Å². The van der Waals surface area contributed by atoms with Crippen LogP contribution in [-0.2, 0) is 0 Å². The lowest BCUT2D eigenvalue weighted by Gasteiger charge is -2.24. The molecule has 0 spiro atoms. The highest BCUT2D eigenvalue weighted by molar-refractivity contribution is 6.58. The summed E-state index contributed by atoms with van der Waals surface area (Å²) in [4.78, 5) is 0. The first-order valence-corrected chi connectivity index (χ1v) is 5.64. The molecule has 16 heavy (non-hydrogen) atoms. The van der Waals surface area contributed by atoms with E-state index in [9.17, 15) is 0 Å². The summed E-state index contributed by atoms with van der Waals surface area (Å²) in [5.74, 6) is 0.431. The molecule has 1 aliphatic heterocycles. The smallest absolute Gasteiger partial charge is 0.423 e. The summed E-state index contributed by atoms with van der Waals surface area (Å²) in [6.45, 7) is 1.99. The highest BCUT2D eigenvalue weighted by Crippen LogP contribution is 2.28. The molecule has 1 aromatic carbocycles. The predicted molar refractivity (Wildman–Crippen MR) is 65.5 cm³/mol. The third-order valence-electron chi connectivity index (χ3n) is 3.19. The van der Waals surface area contributed by atoms with Gasteiger partial charge in [0.05, 0.1) is 0 Å². The number of piperidine rings is 1. The maximum absolute atomic E-state index is 9.14. The van der Waals surface area contributed by atoms with Crippen LogP contribution in [0.1, 0.15) is 24.3 Å². The standard InChI is InChI=1S/C11H17BN2O2/c13-11-2-1-9(12(15)16)7-10(11)8-3-5-14-6-4-8/h1-2,7-8,14-16H,3-6,13H2. The molecule has 0 atom stereocenters. The molecule has 1 aromatic rings. The molecular formula is C11H17BN2O2. The minimum absolute atomic E-state index is 0.431. The molecule has 0 radical (unpaired) electrons. The second-order valence-corrected chi connectivity index (χ2v) is 4.29. The Bertz CT molecular complexity index is 365. The van der Waals surface area contributed by atoms with E-state index in [2.05, 4.69) is 5.32 Å². The Morgan fingerprint density at radius 3 is 2.56 bits per heavy atom. The molecule has 5 N–H and O–H groups in total. The molecule has 0 bridgehead atoms. The van der Waals surface area contributed by atoms with Crippen LogP contribution in [0.25, 0.3) is 0 Å². The largest absolute Gasteiger partial charge is 0.488 e. The molecule has 2 rings (SSSR count). The molecule has 4 nitrogen and oxygen atoms in total. The van der Waals surface area contributed by atoms with Crippen molar-refractivity contribution in [1.29, 1.82) is 0 Å². The zero-order chi connectivity index (χ0) is 11.5. The fourth-order valence-electron chi connectivity index (χ4n) is 2.24. The number of nitrogens with one attached hydrogen (secondary N) is 1. The quantitative estimate of drug-likeness (QED) is 0.397. The maximum atomic E-state index is 9.14. The summed E-state index contributed by atoms with van der Waals surface area (Å²) in [6.07, 6.45) is 2.10. The van der Waals surface area contributed by atoms with Gasteiger partial charge in [0, 0.05) is 5.69 Å². The molecule has 1 aliphatic rings. The van der Waals surface area contributed by atoms with Gasteiger partial charge in [-0.15, -0.1) is 0 Å². The van der Waals surface area contributed by atoms with Crippen LogP contribution in [0.15, 0.2) is 18.2 Å². The van der Waals surface area contributed by atoms with Gasteiger partial charge in [0.25, 0.3) is 0 Å². The molecular weight excluding hydrogens is 203 g/mol. The number of rotatable bonds is 2. The Kier molecular flexibility index (Phi) is 3.48. The van der Waals surface area contributed by atoms with Gasteiger partial charge in [0.2, 0.25) is 0 Å². The van der Waals surface area contributed by atoms with E-state index < -0.39 is 7.12 Å². The molecule has 0 unspecified atom stereocenters. The number of hydrogen-bond acceptors (Lipinski definition) is 4. The normalized spacial score (nSPS) is 17.4. The van der Waals surface area contributed by atoms with E-state index in [0.717, 1.165) is 37.2 Å². The first-order chi connectivity index (χ1) is 7.68. The SMILES string of the molecule is Nc1ccc(B(O)O)cc1C1CCNCC1. The number of nitrogens with two attached hydrogens (primary N) is 1. The molecule has 0 saturated carbocycles. The van der Waals surface area contributed by atoms with E-state index in [1.807, 2.05) is 6.07 Å². The molecule has 5 heteroatoms. The van der Waals surface area contributed by atoms with Crippen LogP contribution < -0.4 is 16.5 Å². The zero-order valence-electron chi connectivity index (χ0n) is 9.19. The Hall–Kier alpha value is -1.04. The average molecular weight is 220 g/mol. The Labute approximate surface area is 95.6 Å². The lowest BCUT2D eigenvalue weighted by atomic mass is 9.77. The van der Waals surface area contributed by atoms with Crippen molar-refractivity contribution in [2.24, 2.45) is 0 Å². The van der Waals surface area contributed by atoms with Crippen LogP contribution >= 0.6 is 0 Å². The summed E-state index contributed by atoms with van der Waals surface area (Å²) < 4.78 is 0. The monoisotopic (exact) mass is 220 g/mol. The zero-order valence-corrected chi connectivity index (χ0v) is 9.19. The van der Waals surface area contributed by atoms with Crippen molar-refractivity contribution in [2.75, 3.05) is 18.8 Å². The fourth-order valence-corrected chi connectivity index (χ4v) is 2.24. The van der Waals surface area contributed by atoms with Gasteiger partial charge in [0.1, 0.15) is 0 Å². The summed E-state index contributed by atoms with van der Waals surface area (Å²) in [5, 5.41) is 21.6. The Morgan fingerprint density at radius 2 is 1.94 bits per heavy atom. The van der Waals surface area contributed by atoms with Gasteiger partial charge in [0.15, 0.2) is 0 Å². The van der Waals surface area contributed by atoms with E-state index in [0.29, 0.717) is 11.4 Å². The van der Waals surface area contributed by atoms with Crippen molar-refractivity contribution in [2.45, 2.75) is 18.8 Å². The first kappa shape index (κ1) is 11.5. The third-order valence-corrected chi connectivity index (χ3v) is 3.19. The minimum atomic E-state index is -1.42. The minimum Gasteiger partial charge on any atom is -0.423 e. The van der Waals surface area contributed by atoms with Crippen LogP contribution in [0, 0.1) is 0 Å². The van der Waals surface area contributed by atoms with E-state index in [1.165, 1.54) is 0 Å². The van der Waals surface area contributed by atoms with Crippen LogP contribution in [0.2, 0.25) is 0 Å². The van der Waals surface area contributed by atoms with E-state index in [4.69, 9.17) is 15.8 Å². The lowest BCUT2D eigenvalue weighted by Crippen LogP contribution is -2.32. The van der Waals surface area contributed by atoms with Gasteiger partial charge < -0.3 is 21.1 Å². The van der Waals surface area contributed by atoms with Gasteiger partial charge in [-0.2, -0.15) is 0 Å². The number of anilines is 1. The predicted octanol–water partition coefficient (Wildman–Crippen LogP) is -0.584. The van der Waals surface area contributed by atoms with Crippen molar-refractivity contribution >= 4 is 18.3 Å². The Balaban J connectivity index is 2.27. The highest BCUT2D eigenvalue weighted by atomic mass is 16.4. The summed E-state index contributed by atoms with van der Waals surface area (Å²) in [6, 6.07) is 5.23. The Morgan fingerprint density at radius 1 is 1.25 bits per heavy atom. The van der Waals surface area contributed by atoms with Gasteiger partial charge in [-0.3, -0.25) is 0 Å². The first-order valence-electron chi connectivity index (χ1n) is 5.64.